The van der Waals surface area contributed by atoms with Crippen LogP contribution in [0, 0.1) is 0 Å². The second-order valence-corrected chi connectivity index (χ2v) is 14.2. The number of carbonyl (C=O) groups excluding carboxylic acids is 1. The smallest absolute Gasteiger partial charge is 0.281 e. The molecular weight excluding hydrogens is 526 g/mol. The van der Waals surface area contributed by atoms with Gasteiger partial charge in [-0.1, -0.05) is 31.2 Å². The van der Waals surface area contributed by atoms with Crippen molar-refractivity contribution >= 4 is 37.3 Å². The lowest BCUT2D eigenvalue weighted by Crippen LogP contribution is -2.44. The number of hydroxylamine groups is 1. The van der Waals surface area contributed by atoms with Gasteiger partial charge in [0.25, 0.3) is 10.2 Å². The zero-order valence-electron chi connectivity index (χ0n) is 20.6. The summed E-state index contributed by atoms with van der Waals surface area (Å²) < 4.78 is 59.2. The summed E-state index contributed by atoms with van der Waals surface area (Å²) in [5.74, 6) is -1.31. The molecule has 0 spiro atoms. The first-order chi connectivity index (χ1) is 17.0. The van der Waals surface area contributed by atoms with Crippen molar-refractivity contribution in [3.05, 3.63) is 46.8 Å². The summed E-state index contributed by atoms with van der Waals surface area (Å²) in [4.78, 5) is 13.6. The van der Waals surface area contributed by atoms with E-state index in [9.17, 15) is 26.8 Å². The molecule has 1 saturated heterocycles. The number of aryl methyl sites for hydroxylation is 1. The third kappa shape index (κ3) is 5.82. The van der Waals surface area contributed by atoms with Crippen LogP contribution in [-0.4, -0.2) is 82.7 Å². The minimum absolute atomic E-state index is 0.101. The number of methoxy groups -OCH3 is 1. The van der Waals surface area contributed by atoms with E-state index in [2.05, 4.69) is 6.92 Å². The van der Waals surface area contributed by atoms with Gasteiger partial charge in [0.15, 0.2) is 9.84 Å². The number of benzene rings is 1. The summed E-state index contributed by atoms with van der Waals surface area (Å²) in [5, 5.41) is 9.22. The fraction of sp³-hybridized carbons (Fsp3) is 0.522. The molecule has 0 unspecified atom stereocenters. The molecule has 1 fully saturated rings. The third-order valence-corrected chi connectivity index (χ3v) is 12.5. The first-order valence-corrected chi connectivity index (χ1v) is 15.4. The highest BCUT2D eigenvalue weighted by atomic mass is 32.2. The van der Waals surface area contributed by atoms with Crippen molar-refractivity contribution in [2.24, 2.45) is 0 Å². The second-order valence-electron chi connectivity index (χ2n) is 8.71. The van der Waals surface area contributed by atoms with Crippen molar-refractivity contribution < 1.29 is 31.6 Å². The minimum Gasteiger partial charge on any atom is -0.383 e. The van der Waals surface area contributed by atoms with E-state index >= 15 is 0 Å². The highest BCUT2D eigenvalue weighted by molar-refractivity contribution is 7.92. The van der Waals surface area contributed by atoms with Gasteiger partial charge in [-0.3, -0.25) is 10.0 Å². The number of hydrogen-bond donors (Lipinski definition) is 2. The van der Waals surface area contributed by atoms with Crippen molar-refractivity contribution in [1.82, 2.24) is 14.1 Å². The molecule has 1 aromatic carbocycles. The van der Waals surface area contributed by atoms with Gasteiger partial charge in [0.05, 0.1) is 18.8 Å². The number of sulfone groups is 1. The number of hydrogen-bond acceptors (Lipinski definition) is 8. The number of rotatable bonds is 10. The van der Waals surface area contributed by atoms with E-state index in [1.807, 2.05) is 30.3 Å². The molecule has 2 heterocycles. The van der Waals surface area contributed by atoms with Crippen LogP contribution in [-0.2, 0) is 40.7 Å². The lowest BCUT2D eigenvalue weighted by atomic mass is 9.97. The van der Waals surface area contributed by atoms with Gasteiger partial charge in [-0.2, -0.15) is 17.0 Å². The number of nitrogens with one attached hydrogen (secondary N) is 1. The molecule has 1 atom stereocenters. The molecule has 1 aromatic heterocycles. The summed E-state index contributed by atoms with van der Waals surface area (Å²) in [6, 6.07) is 11.4. The third-order valence-electron chi connectivity index (χ3n) is 6.57. The van der Waals surface area contributed by atoms with Gasteiger partial charge >= 0.3 is 0 Å². The van der Waals surface area contributed by atoms with Gasteiger partial charge in [-0.05, 0) is 36.1 Å². The van der Waals surface area contributed by atoms with E-state index < -0.39 is 42.9 Å². The molecule has 36 heavy (non-hydrogen) atoms. The summed E-state index contributed by atoms with van der Waals surface area (Å²) >= 11 is 1.26. The number of likely N-dealkylation sites (N-methyl/N-ethyl adjacent to an activating group) is 1. The molecular formula is C23H33N3O7S3. The Morgan fingerprint density at radius 3 is 2.53 bits per heavy atom. The Labute approximate surface area is 216 Å². The molecule has 1 amide bonds. The van der Waals surface area contributed by atoms with Gasteiger partial charge in [0.2, 0.25) is 5.91 Å². The normalized spacial score (nSPS) is 20.8. The fourth-order valence-corrected chi connectivity index (χ4v) is 9.32. The van der Waals surface area contributed by atoms with Crippen LogP contribution in [0.4, 0.5) is 0 Å². The van der Waals surface area contributed by atoms with Crippen LogP contribution in [0.25, 0.3) is 10.4 Å². The average molecular weight is 560 g/mol. The summed E-state index contributed by atoms with van der Waals surface area (Å²) in [6.07, 6.45) is 0.246. The molecule has 0 radical (unpaired) electrons. The number of carbonyl (C=O) groups is 1. The Hall–Kier alpha value is -1.87. The first kappa shape index (κ1) is 28.7. The van der Waals surface area contributed by atoms with Crippen LogP contribution >= 0.6 is 11.3 Å². The first-order valence-electron chi connectivity index (χ1n) is 11.6. The zero-order valence-corrected chi connectivity index (χ0v) is 23.1. The maximum atomic E-state index is 13.7. The Morgan fingerprint density at radius 2 is 1.92 bits per heavy atom. The van der Waals surface area contributed by atoms with Crippen molar-refractivity contribution in [3.63, 3.8) is 0 Å². The van der Waals surface area contributed by atoms with Gasteiger partial charge in [-0.15, -0.1) is 11.3 Å². The number of thiophene rings is 1. The van der Waals surface area contributed by atoms with Crippen molar-refractivity contribution in [2.75, 3.05) is 46.2 Å². The van der Waals surface area contributed by atoms with Gasteiger partial charge in [0.1, 0.15) is 4.75 Å². The summed E-state index contributed by atoms with van der Waals surface area (Å²) in [7, 11) is -5.07. The van der Waals surface area contributed by atoms with Crippen LogP contribution < -0.4 is 5.48 Å². The van der Waals surface area contributed by atoms with Gasteiger partial charge < -0.3 is 4.74 Å². The van der Waals surface area contributed by atoms with Crippen LogP contribution in [0.3, 0.4) is 0 Å². The Kier molecular flexibility index (Phi) is 9.30. The van der Waals surface area contributed by atoms with Crippen molar-refractivity contribution in [1.29, 1.82) is 0 Å². The Bertz CT molecular complexity index is 1260. The van der Waals surface area contributed by atoms with Crippen LogP contribution in [0.15, 0.2) is 36.4 Å². The SMILES string of the molecule is CCc1ccc(-c2ccc([C@@]3(CC(=O)NO)CCN(S(=O)(=O)N(C)CCOC)CCS3(=O)=O)s2)cc1. The van der Waals surface area contributed by atoms with Gasteiger partial charge in [0, 0.05) is 43.5 Å². The molecule has 2 aromatic rings. The molecule has 0 aliphatic carbocycles. The van der Waals surface area contributed by atoms with Crippen molar-refractivity contribution in [2.45, 2.75) is 30.9 Å². The monoisotopic (exact) mass is 559 g/mol. The second kappa shape index (κ2) is 11.7. The number of amides is 1. The topological polar surface area (TPSA) is 133 Å². The lowest BCUT2D eigenvalue weighted by Gasteiger charge is -2.30. The molecule has 1 aliphatic rings. The van der Waals surface area contributed by atoms with Crippen LogP contribution in [0.5, 0.6) is 0 Å². The average Bonchev–Trinajstić information content (AvgIpc) is 3.31. The lowest BCUT2D eigenvalue weighted by molar-refractivity contribution is -0.129. The predicted molar refractivity (Wildman–Crippen MR) is 139 cm³/mol. The largest absolute Gasteiger partial charge is 0.383 e. The molecule has 1 aliphatic heterocycles. The molecule has 3 rings (SSSR count). The summed E-state index contributed by atoms with van der Waals surface area (Å²) in [6.45, 7) is 2.03. The van der Waals surface area contributed by atoms with E-state index in [0.717, 1.165) is 25.5 Å². The summed E-state index contributed by atoms with van der Waals surface area (Å²) in [5.41, 5.74) is 3.64. The van der Waals surface area contributed by atoms with E-state index in [1.165, 1.54) is 31.1 Å². The molecule has 2 N–H and O–H groups in total. The maximum absolute atomic E-state index is 13.7. The molecule has 0 bridgehead atoms. The number of ether oxygens (including phenoxy) is 1. The Balaban J connectivity index is 2.01. The molecule has 10 nitrogen and oxygen atoms in total. The van der Waals surface area contributed by atoms with E-state index in [4.69, 9.17) is 4.74 Å². The maximum Gasteiger partial charge on any atom is 0.281 e. The van der Waals surface area contributed by atoms with E-state index in [-0.39, 0.29) is 32.7 Å². The highest BCUT2D eigenvalue weighted by Crippen LogP contribution is 2.45. The number of nitrogens with zero attached hydrogens (tertiary/aromatic N) is 2. The predicted octanol–water partition coefficient (Wildman–Crippen LogP) is 2.01. The standard InChI is InChI=1S/C23H33N3O7S3/c1-4-18-5-7-19(8-6-18)20-9-10-21(34-20)23(17-22(27)24-28)11-12-26(14-16-35(23,29)30)36(31,32)25(2)13-15-33-3/h5-10,28H,4,11-17H2,1-3H3,(H,24,27)/t23-/m0/s1. The van der Waals surface area contributed by atoms with Crippen molar-refractivity contribution in [3.8, 4) is 10.4 Å². The molecule has 13 heteroatoms. The molecule has 200 valence electrons. The van der Waals surface area contributed by atoms with E-state index in [0.29, 0.717) is 4.88 Å². The fourth-order valence-electron chi connectivity index (χ4n) is 4.26. The molecule has 0 saturated carbocycles. The minimum atomic E-state index is -4.01. The quantitative estimate of drug-likeness (QED) is 0.336. The van der Waals surface area contributed by atoms with Crippen LogP contribution in [0.2, 0.25) is 0 Å². The van der Waals surface area contributed by atoms with Gasteiger partial charge in [-0.25, -0.2) is 13.9 Å². The van der Waals surface area contributed by atoms with Crippen LogP contribution in [0.1, 0.15) is 30.2 Å². The zero-order chi connectivity index (χ0) is 26.6. The van der Waals surface area contributed by atoms with E-state index in [1.54, 1.807) is 11.5 Å². The Morgan fingerprint density at radius 1 is 1.22 bits per heavy atom. The highest BCUT2D eigenvalue weighted by Gasteiger charge is 2.50.